The summed E-state index contributed by atoms with van der Waals surface area (Å²) in [6, 6.07) is 4.26. The zero-order valence-corrected chi connectivity index (χ0v) is 11.8. The number of thiazole rings is 1. The van der Waals surface area contributed by atoms with Gasteiger partial charge in [-0.05, 0) is 18.2 Å². The number of nitrogens with two attached hydrogens (primary N) is 2. The predicted octanol–water partition coefficient (Wildman–Crippen LogP) is -0.0608. The summed E-state index contributed by atoms with van der Waals surface area (Å²) in [6.45, 7) is 0.106. The van der Waals surface area contributed by atoms with E-state index in [1.165, 1.54) is 16.2 Å². The molecule has 1 aliphatic heterocycles. The van der Waals surface area contributed by atoms with Gasteiger partial charge >= 0.3 is 0 Å². The molecule has 2 unspecified atom stereocenters. The van der Waals surface area contributed by atoms with Crippen molar-refractivity contribution in [3.8, 4) is 0 Å². The SMILES string of the molecule is NC(=O)C1CC(O)CN1C(=O)c1ccc2nc(N)sc2c1. The van der Waals surface area contributed by atoms with Crippen molar-refractivity contribution in [2.75, 3.05) is 12.3 Å². The minimum absolute atomic E-state index is 0.106. The van der Waals surface area contributed by atoms with Crippen molar-refractivity contribution in [2.24, 2.45) is 5.73 Å². The van der Waals surface area contributed by atoms with Crippen LogP contribution in [-0.2, 0) is 4.79 Å². The van der Waals surface area contributed by atoms with Gasteiger partial charge < -0.3 is 21.5 Å². The quantitative estimate of drug-likeness (QED) is 0.717. The number of nitrogen functional groups attached to an aromatic ring is 1. The molecule has 0 radical (unpaired) electrons. The summed E-state index contributed by atoms with van der Waals surface area (Å²) in [5, 5.41) is 10.1. The number of amides is 2. The van der Waals surface area contributed by atoms with Gasteiger partial charge in [0.25, 0.3) is 5.91 Å². The molecule has 3 rings (SSSR count). The summed E-state index contributed by atoms with van der Waals surface area (Å²) in [6.07, 6.45) is -0.550. The van der Waals surface area contributed by atoms with Crippen LogP contribution in [0.4, 0.5) is 5.13 Å². The van der Waals surface area contributed by atoms with E-state index in [0.29, 0.717) is 10.7 Å². The predicted molar refractivity (Wildman–Crippen MR) is 78.7 cm³/mol. The van der Waals surface area contributed by atoms with E-state index in [1.807, 2.05) is 0 Å². The van der Waals surface area contributed by atoms with E-state index in [1.54, 1.807) is 18.2 Å². The number of aliphatic hydroxyl groups excluding tert-OH is 1. The Morgan fingerprint density at radius 2 is 2.19 bits per heavy atom. The smallest absolute Gasteiger partial charge is 0.254 e. The highest BCUT2D eigenvalue weighted by atomic mass is 32.1. The molecular formula is C13H14N4O3S. The third-order valence-corrected chi connectivity index (χ3v) is 4.37. The first-order valence-electron chi connectivity index (χ1n) is 6.40. The number of rotatable bonds is 2. The first-order valence-corrected chi connectivity index (χ1v) is 7.22. The molecule has 0 bridgehead atoms. The number of carbonyl (C=O) groups excluding carboxylic acids is 2. The minimum atomic E-state index is -0.769. The number of hydrogen-bond donors (Lipinski definition) is 3. The van der Waals surface area contributed by atoms with Crippen LogP contribution in [0.1, 0.15) is 16.8 Å². The summed E-state index contributed by atoms with van der Waals surface area (Å²) in [5.74, 6) is -0.938. The molecule has 1 fully saturated rings. The summed E-state index contributed by atoms with van der Waals surface area (Å²) in [5.41, 5.74) is 12.1. The van der Waals surface area contributed by atoms with E-state index < -0.39 is 18.1 Å². The van der Waals surface area contributed by atoms with Gasteiger partial charge in [0.05, 0.1) is 16.3 Å². The van der Waals surface area contributed by atoms with E-state index in [-0.39, 0.29) is 18.9 Å². The van der Waals surface area contributed by atoms with Crippen LogP contribution < -0.4 is 11.5 Å². The normalized spacial score (nSPS) is 21.9. The first kappa shape index (κ1) is 13.8. The molecule has 2 amide bonds. The average Bonchev–Trinajstić information content (AvgIpc) is 2.98. The number of β-amino-alcohol motifs (C(OH)–C–C–N with tert-alkyl or cyclic N) is 1. The lowest BCUT2D eigenvalue weighted by Crippen LogP contribution is -2.43. The molecule has 7 nitrogen and oxygen atoms in total. The van der Waals surface area contributed by atoms with Gasteiger partial charge in [-0.3, -0.25) is 9.59 Å². The van der Waals surface area contributed by atoms with Crippen LogP contribution >= 0.6 is 11.3 Å². The van der Waals surface area contributed by atoms with Gasteiger partial charge in [-0.25, -0.2) is 4.98 Å². The van der Waals surface area contributed by atoms with E-state index in [4.69, 9.17) is 11.5 Å². The van der Waals surface area contributed by atoms with Gasteiger partial charge in [0.1, 0.15) is 6.04 Å². The summed E-state index contributed by atoms with van der Waals surface area (Å²) >= 11 is 1.29. The molecule has 1 aliphatic rings. The fraction of sp³-hybridized carbons (Fsp3) is 0.308. The maximum Gasteiger partial charge on any atom is 0.254 e. The standard InChI is InChI=1S/C13H14N4O3S/c14-11(19)9-4-7(18)5-17(9)12(20)6-1-2-8-10(3-6)21-13(15)16-8/h1-3,7,9,18H,4-5H2,(H2,14,19)(H2,15,16). The van der Waals surface area contributed by atoms with Crippen LogP contribution in [0.25, 0.3) is 10.2 Å². The molecule has 0 saturated carbocycles. The van der Waals surface area contributed by atoms with Crippen molar-refractivity contribution in [1.29, 1.82) is 0 Å². The maximum absolute atomic E-state index is 12.5. The lowest BCUT2D eigenvalue weighted by Gasteiger charge is -2.21. The topological polar surface area (TPSA) is 123 Å². The molecule has 1 aromatic heterocycles. The van der Waals surface area contributed by atoms with Crippen molar-refractivity contribution in [2.45, 2.75) is 18.6 Å². The van der Waals surface area contributed by atoms with E-state index in [2.05, 4.69) is 4.98 Å². The van der Waals surface area contributed by atoms with Gasteiger partial charge in [0, 0.05) is 18.5 Å². The number of likely N-dealkylation sites (tertiary alicyclic amines) is 1. The lowest BCUT2D eigenvalue weighted by atomic mass is 10.1. The average molecular weight is 306 g/mol. The van der Waals surface area contributed by atoms with E-state index in [0.717, 1.165) is 10.2 Å². The molecular weight excluding hydrogens is 292 g/mol. The monoisotopic (exact) mass is 306 g/mol. The second kappa shape index (κ2) is 4.97. The first-order chi connectivity index (χ1) is 9.95. The molecule has 110 valence electrons. The van der Waals surface area contributed by atoms with Crippen LogP contribution in [0.5, 0.6) is 0 Å². The van der Waals surface area contributed by atoms with Crippen LogP contribution in [-0.4, -0.2) is 45.5 Å². The molecule has 5 N–H and O–H groups in total. The Morgan fingerprint density at radius 1 is 1.43 bits per heavy atom. The summed E-state index contributed by atoms with van der Waals surface area (Å²) < 4.78 is 0.800. The van der Waals surface area contributed by atoms with Crippen molar-refractivity contribution in [3.05, 3.63) is 23.8 Å². The largest absolute Gasteiger partial charge is 0.391 e. The summed E-state index contributed by atoms with van der Waals surface area (Å²) in [4.78, 5) is 29.4. The second-order valence-corrected chi connectivity index (χ2v) is 6.06. The Hall–Kier alpha value is -2.19. The number of benzene rings is 1. The Kier molecular flexibility index (Phi) is 3.26. The number of primary amides is 1. The molecule has 2 atom stereocenters. The number of anilines is 1. The van der Waals surface area contributed by atoms with Crippen molar-refractivity contribution in [1.82, 2.24) is 9.88 Å². The number of aromatic nitrogens is 1. The molecule has 2 heterocycles. The molecule has 8 heteroatoms. The van der Waals surface area contributed by atoms with Gasteiger partial charge in [-0.1, -0.05) is 11.3 Å². The Bertz CT molecular complexity index is 729. The fourth-order valence-corrected chi connectivity index (χ4v) is 3.32. The van der Waals surface area contributed by atoms with Gasteiger partial charge in [-0.2, -0.15) is 0 Å². The van der Waals surface area contributed by atoms with Crippen molar-refractivity contribution >= 4 is 38.5 Å². The number of fused-ring (bicyclic) bond motifs is 1. The highest BCUT2D eigenvalue weighted by Crippen LogP contribution is 2.26. The summed E-state index contributed by atoms with van der Waals surface area (Å²) in [7, 11) is 0. The third-order valence-electron chi connectivity index (χ3n) is 3.52. The van der Waals surface area contributed by atoms with Crippen LogP contribution in [0, 0.1) is 0 Å². The number of nitrogens with zero attached hydrogens (tertiary/aromatic N) is 2. The van der Waals surface area contributed by atoms with Crippen LogP contribution in [0.15, 0.2) is 18.2 Å². The number of hydrogen-bond acceptors (Lipinski definition) is 6. The molecule has 1 saturated heterocycles. The van der Waals surface area contributed by atoms with Gasteiger partial charge in [0.15, 0.2) is 5.13 Å². The van der Waals surface area contributed by atoms with Crippen molar-refractivity contribution in [3.63, 3.8) is 0 Å². The number of aliphatic hydroxyl groups is 1. The Balaban J connectivity index is 1.93. The van der Waals surface area contributed by atoms with Crippen LogP contribution in [0.3, 0.4) is 0 Å². The third kappa shape index (κ3) is 2.43. The van der Waals surface area contributed by atoms with Gasteiger partial charge in [-0.15, -0.1) is 0 Å². The molecule has 2 aromatic rings. The molecule has 0 spiro atoms. The molecule has 1 aromatic carbocycles. The minimum Gasteiger partial charge on any atom is -0.391 e. The van der Waals surface area contributed by atoms with E-state index in [9.17, 15) is 14.7 Å². The highest BCUT2D eigenvalue weighted by Gasteiger charge is 2.38. The zero-order valence-electron chi connectivity index (χ0n) is 11.0. The highest BCUT2D eigenvalue weighted by molar-refractivity contribution is 7.22. The fourth-order valence-electron chi connectivity index (χ4n) is 2.55. The Morgan fingerprint density at radius 3 is 2.90 bits per heavy atom. The maximum atomic E-state index is 12.5. The number of carbonyl (C=O) groups is 2. The molecule has 0 aliphatic carbocycles. The van der Waals surface area contributed by atoms with Crippen LogP contribution in [0.2, 0.25) is 0 Å². The van der Waals surface area contributed by atoms with E-state index >= 15 is 0 Å². The lowest BCUT2D eigenvalue weighted by molar-refractivity contribution is -0.121. The Labute approximate surface area is 124 Å². The molecule has 21 heavy (non-hydrogen) atoms. The van der Waals surface area contributed by atoms with Crippen molar-refractivity contribution < 1.29 is 14.7 Å². The van der Waals surface area contributed by atoms with Gasteiger partial charge in [0.2, 0.25) is 5.91 Å². The second-order valence-electron chi connectivity index (χ2n) is 5.00. The zero-order chi connectivity index (χ0) is 15.1.